The van der Waals surface area contributed by atoms with E-state index in [-0.39, 0.29) is 55.6 Å². The number of anilines is 1. The average molecular weight is 591 g/mol. The van der Waals surface area contributed by atoms with E-state index in [4.69, 9.17) is 4.74 Å². The zero-order valence-corrected chi connectivity index (χ0v) is 24.6. The van der Waals surface area contributed by atoms with Crippen LogP contribution >= 0.6 is 24.8 Å². The Balaban J connectivity index is 0.00000220. The highest BCUT2D eigenvalue weighted by atomic mass is 35.5. The molecule has 40 heavy (non-hydrogen) atoms. The predicted octanol–water partition coefficient (Wildman–Crippen LogP) is 3.54. The van der Waals surface area contributed by atoms with Crippen molar-refractivity contribution in [3.05, 3.63) is 60.3 Å². The number of hydrogen-bond donors (Lipinski definition) is 0. The van der Waals surface area contributed by atoms with Gasteiger partial charge < -0.3 is 9.64 Å². The lowest BCUT2D eigenvalue weighted by Crippen LogP contribution is -2.54. The Hall–Kier alpha value is -3.11. The molecule has 3 aromatic rings. The monoisotopic (exact) mass is 589 g/mol. The van der Waals surface area contributed by atoms with E-state index in [2.05, 4.69) is 15.9 Å². The van der Waals surface area contributed by atoms with Crippen LogP contribution in [0.2, 0.25) is 0 Å². The summed E-state index contributed by atoms with van der Waals surface area (Å²) < 4.78 is 7.13. The third-order valence-electron chi connectivity index (χ3n) is 7.51. The number of nitrogens with zero attached hydrogens (tertiary/aromatic N) is 5. The summed E-state index contributed by atoms with van der Waals surface area (Å²) in [4.78, 5) is 45.7. The van der Waals surface area contributed by atoms with Crippen LogP contribution in [0.15, 0.2) is 54.7 Å². The van der Waals surface area contributed by atoms with Crippen LogP contribution in [0.1, 0.15) is 23.7 Å². The van der Waals surface area contributed by atoms with Crippen molar-refractivity contribution in [3.8, 4) is 5.75 Å². The highest BCUT2D eigenvalue weighted by Gasteiger charge is 2.31. The molecule has 3 heterocycles. The van der Waals surface area contributed by atoms with Crippen molar-refractivity contribution >= 4 is 59.1 Å². The first kappa shape index (κ1) is 31.4. The van der Waals surface area contributed by atoms with Crippen LogP contribution in [0, 0.1) is 0 Å². The van der Waals surface area contributed by atoms with Gasteiger partial charge in [-0.3, -0.25) is 33.7 Å². The Morgan fingerprint density at radius 1 is 0.850 bits per heavy atom. The fourth-order valence-electron chi connectivity index (χ4n) is 5.52. The molecule has 216 valence electrons. The summed E-state index contributed by atoms with van der Waals surface area (Å²) in [6.07, 6.45) is 2.71. The maximum absolute atomic E-state index is 12.8. The largest absolute Gasteiger partial charge is 0.496 e. The van der Waals surface area contributed by atoms with Crippen LogP contribution in [0.5, 0.6) is 5.75 Å². The molecule has 9 nitrogen and oxygen atoms in total. The van der Waals surface area contributed by atoms with Gasteiger partial charge in [-0.1, -0.05) is 36.4 Å². The van der Waals surface area contributed by atoms with Gasteiger partial charge in [0.05, 0.1) is 31.4 Å². The van der Waals surface area contributed by atoms with E-state index >= 15 is 0 Å². The highest BCUT2D eigenvalue weighted by Crippen LogP contribution is 2.30. The van der Waals surface area contributed by atoms with Crippen LogP contribution in [-0.4, -0.2) is 96.5 Å². The van der Waals surface area contributed by atoms with Crippen LogP contribution in [0.25, 0.3) is 10.9 Å². The third-order valence-corrected chi connectivity index (χ3v) is 7.51. The molecular formula is C29H37Cl2N5O4. The second kappa shape index (κ2) is 14.0. The SMILES string of the molecule is COc1ccccc1CN1CC(=O)N(CCCN2CCN(c3cn(C(C)=O)c4ccccc34)CC2)C(=O)C1.Cl.Cl. The van der Waals surface area contributed by atoms with E-state index in [1.807, 2.05) is 53.6 Å². The fraction of sp³-hybridized carbons (Fsp3) is 0.414. The number of para-hydroxylation sites is 2. The first-order valence-electron chi connectivity index (χ1n) is 13.2. The van der Waals surface area contributed by atoms with Crippen molar-refractivity contribution in [2.45, 2.75) is 19.9 Å². The lowest BCUT2D eigenvalue weighted by Gasteiger charge is -2.36. The molecule has 2 amide bonds. The van der Waals surface area contributed by atoms with Gasteiger partial charge in [-0.25, -0.2) is 0 Å². The summed E-state index contributed by atoms with van der Waals surface area (Å²) in [7, 11) is 1.62. The zero-order chi connectivity index (χ0) is 26.6. The van der Waals surface area contributed by atoms with Gasteiger partial charge in [0.1, 0.15) is 5.75 Å². The molecule has 2 aliphatic rings. The van der Waals surface area contributed by atoms with E-state index in [0.717, 1.165) is 67.0 Å². The average Bonchev–Trinajstić information content (AvgIpc) is 3.31. The molecule has 0 atom stereocenters. The van der Waals surface area contributed by atoms with Gasteiger partial charge in [0.15, 0.2) is 0 Å². The molecule has 2 aromatic carbocycles. The Kier molecular flexibility index (Phi) is 11.0. The maximum Gasteiger partial charge on any atom is 0.243 e. The summed E-state index contributed by atoms with van der Waals surface area (Å²) in [5, 5.41) is 1.10. The number of fused-ring (bicyclic) bond motifs is 1. The number of ether oxygens (including phenoxy) is 1. The fourth-order valence-corrected chi connectivity index (χ4v) is 5.52. The maximum atomic E-state index is 12.8. The minimum atomic E-state index is -0.136. The molecule has 0 N–H and O–H groups in total. The first-order valence-corrected chi connectivity index (χ1v) is 13.2. The third kappa shape index (κ3) is 6.78. The number of amides is 2. The zero-order valence-electron chi connectivity index (χ0n) is 23.0. The van der Waals surface area contributed by atoms with Crippen LogP contribution in [-0.2, 0) is 16.1 Å². The van der Waals surface area contributed by atoms with E-state index < -0.39 is 0 Å². The van der Waals surface area contributed by atoms with Gasteiger partial charge >= 0.3 is 0 Å². The second-order valence-corrected chi connectivity index (χ2v) is 10.00. The lowest BCUT2D eigenvalue weighted by atomic mass is 10.1. The molecule has 2 saturated heterocycles. The minimum Gasteiger partial charge on any atom is -0.496 e. The van der Waals surface area contributed by atoms with Gasteiger partial charge in [-0.15, -0.1) is 24.8 Å². The molecule has 1 aromatic heterocycles. The van der Waals surface area contributed by atoms with Crippen LogP contribution < -0.4 is 9.64 Å². The Morgan fingerprint density at radius 2 is 1.50 bits per heavy atom. The number of imide groups is 1. The van der Waals surface area contributed by atoms with Crippen LogP contribution in [0.4, 0.5) is 5.69 Å². The van der Waals surface area contributed by atoms with Gasteiger partial charge in [0.25, 0.3) is 0 Å². The van der Waals surface area contributed by atoms with Gasteiger partial charge in [0, 0.05) is 63.3 Å². The quantitative estimate of drug-likeness (QED) is 0.372. The van der Waals surface area contributed by atoms with Crippen molar-refractivity contribution in [2.75, 3.05) is 64.4 Å². The van der Waals surface area contributed by atoms with Crippen molar-refractivity contribution in [1.29, 1.82) is 0 Å². The molecule has 2 aliphatic heterocycles. The summed E-state index contributed by atoms with van der Waals surface area (Å²) in [6, 6.07) is 15.7. The molecule has 0 spiro atoms. The van der Waals surface area contributed by atoms with E-state index in [0.29, 0.717) is 13.1 Å². The number of benzene rings is 2. The highest BCUT2D eigenvalue weighted by molar-refractivity contribution is 6.00. The number of carbonyl (C=O) groups excluding carboxylic acids is 3. The topological polar surface area (TPSA) is 78.3 Å². The Labute approximate surface area is 247 Å². The van der Waals surface area contributed by atoms with Crippen molar-refractivity contribution < 1.29 is 19.1 Å². The first-order chi connectivity index (χ1) is 18.4. The summed E-state index contributed by atoms with van der Waals surface area (Å²) in [5.74, 6) is 0.501. The molecular weight excluding hydrogens is 553 g/mol. The van der Waals surface area contributed by atoms with Crippen molar-refractivity contribution in [3.63, 3.8) is 0 Å². The number of carbonyl (C=O) groups is 3. The number of hydrogen-bond acceptors (Lipinski definition) is 7. The molecule has 0 bridgehead atoms. The number of aromatic nitrogens is 1. The molecule has 0 saturated carbocycles. The van der Waals surface area contributed by atoms with E-state index in [1.54, 1.807) is 18.6 Å². The van der Waals surface area contributed by atoms with Gasteiger partial charge in [-0.05, 0) is 25.1 Å². The normalized spacial score (nSPS) is 16.6. The number of halogens is 2. The molecule has 0 radical (unpaired) electrons. The summed E-state index contributed by atoms with van der Waals surface area (Å²) >= 11 is 0. The standard InChI is InChI=1S/C29H35N5O4.2ClH/c1-22(35)34-19-26(24-9-4-5-10-25(24)34)32-16-14-30(15-17-32)12-7-13-33-28(36)20-31(21-29(33)37)18-23-8-3-6-11-27(23)38-2;;/h3-6,8-11,19H,7,12-18,20-21H2,1-2H3;2*1H. The summed E-state index contributed by atoms with van der Waals surface area (Å²) in [5.41, 5.74) is 3.00. The van der Waals surface area contributed by atoms with Crippen molar-refractivity contribution in [1.82, 2.24) is 19.3 Å². The second-order valence-electron chi connectivity index (χ2n) is 10.00. The molecule has 5 rings (SSSR count). The molecule has 0 unspecified atom stereocenters. The Bertz CT molecular complexity index is 1320. The number of rotatable bonds is 8. The van der Waals surface area contributed by atoms with E-state index in [9.17, 15) is 14.4 Å². The number of piperazine rings is 2. The molecule has 0 aliphatic carbocycles. The molecule has 2 fully saturated rings. The summed E-state index contributed by atoms with van der Waals surface area (Å²) in [6.45, 7) is 7.37. The van der Waals surface area contributed by atoms with E-state index in [1.165, 1.54) is 4.90 Å². The van der Waals surface area contributed by atoms with Gasteiger partial charge in [0.2, 0.25) is 17.7 Å². The predicted molar refractivity (Wildman–Crippen MR) is 161 cm³/mol. The smallest absolute Gasteiger partial charge is 0.243 e. The minimum absolute atomic E-state index is 0. The Morgan fingerprint density at radius 3 is 2.17 bits per heavy atom. The van der Waals surface area contributed by atoms with Gasteiger partial charge in [-0.2, -0.15) is 0 Å². The lowest BCUT2D eigenvalue weighted by molar-refractivity contribution is -0.151. The van der Waals surface area contributed by atoms with Crippen molar-refractivity contribution in [2.24, 2.45) is 0 Å². The molecule has 11 heteroatoms. The number of methoxy groups -OCH3 is 1. The van der Waals surface area contributed by atoms with Crippen LogP contribution in [0.3, 0.4) is 0 Å².